The van der Waals surface area contributed by atoms with Crippen LogP contribution in [-0.2, 0) is 65.4 Å². The Balaban J connectivity index is 5.04. The van der Waals surface area contributed by atoms with Crippen molar-refractivity contribution in [3.8, 4) is 0 Å². The third-order valence-electron chi connectivity index (χ3n) is 16.1. The molecule has 17 nitrogen and oxygen atoms in total. The van der Waals surface area contributed by atoms with Gasteiger partial charge in [0.2, 0.25) is 0 Å². The summed E-state index contributed by atoms with van der Waals surface area (Å²) in [6.45, 7) is 4.75. The number of aliphatic hydroxyl groups excluding tert-OH is 1. The highest BCUT2D eigenvalue weighted by atomic mass is 31.2. The van der Waals surface area contributed by atoms with Gasteiger partial charge in [-0.2, -0.15) is 0 Å². The van der Waals surface area contributed by atoms with Gasteiger partial charge in [-0.15, -0.1) is 0 Å². The van der Waals surface area contributed by atoms with Crippen LogP contribution in [0, 0.1) is 0 Å². The van der Waals surface area contributed by atoms with Crippen molar-refractivity contribution in [1.29, 1.82) is 0 Å². The third kappa shape index (κ3) is 62.8. The summed E-state index contributed by atoms with van der Waals surface area (Å²) in [5, 5.41) is 10.5. The summed E-state index contributed by atoms with van der Waals surface area (Å²) >= 11 is 0. The molecule has 3 N–H and O–H groups in total. The lowest BCUT2D eigenvalue weighted by molar-refractivity contribution is -0.161. The van der Waals surface area contributed by atoms with E-state index in [1.807, 2.05) is 0 Å². The fourth-order valence-electron chi connectivity index (χ4n) is 10.5. The number of carbonyl (C=O) groups is 4. The molecular formula is C69H134O17P2. The van der Waals surface area contributed by atoms with Gasteiger partial charge in [0.15, 0.2) is 12.2 Å². The molecule has 0 amide bonds. The molecule has 0 radical (unpaired) electrons. The maximum atomic E-state index is 13.0. The number of rotatable bonds is 70. The first-order valence-corrected chi connectivity index (χ1v) is 39.3. The van der Waals surface area contributed by atoms with Crippen LogP contribution in [0.15, 0.2) is 0 Å². The first kappa shape index (κ1) is 86.1. The van der Waals surface area contributed by atoms with Crippen molar-refractivity contribution in [3.05, 3.63) is 0 Å². The second kappa shape index (κ2) is 63.8. The first-order valence-electron chi connectivity index (χ1n) is 36.3. The van der Waals surface area contributed by atoms with E-state index in [-0.39, 0.29) is 25.7 Å². The van der Waals surface area contributed by atoms with E-state index in [0.29, 0.717) is 25.7 Å². The molecular weight excluding hydrogens is 1160 g/mol. The Morgan fingerprint density at radius 2 is 0.455 bits per heavy atom. The van der Waals surface area contributed by atoms with Gasteiger partial charge in [-0.3, -0.25) is 37.3 Å². The van der Waals surface area contributed by atoms with Crippen LogP contribution in [0.3, 0.4) is 0 Å². The second-order valence-electron chi connectivity index (χ2n) is 24.9. The van der Waals surface area contributed by atoms with Crippen molar-refractivity contribution in [2.45, 2.75) is 380 Å². The monoisotopic (exact) mass is 1300 g/mol. The van der Waals surface area contributed by atoms with Crippen LogP contribution in [-0.4, -0.2) is 96.7 Å². The minimum absolute atomic E-state index is 0.0993. The summed E-state index contributed by atoms with van der Waals surface area (Å²) in [6, 6.07) is 0. The third-order valence-corrected chi connectivity index (χ3v) is 18.0. The molecule has 0 rings (SSSR count). The molecule has 5 atom stereocenters. The zero-order valence-corrected chi connectivity index (χ0v) is 58.5. The minimum Gasteiger partial charge on any atom is -0.462 e. The number of phosphoric acid groups is 2. The smallest absolute Gasteiger partial charge is 0.462 e. The SMILES string of the molecule is CCCCCCCCCCCCCCCCCCCCCC(=O)OC[C@H](COP(=O)(O)OC[C@@H](O)COP(=O)(O)OC[C@@H](COC(=O)CCCCCCC)OC(=O)CCCCCCC)OC(=O)CCCCCCCCCCCCCCCCCCCCC. The van der Waals surface area contributed by atoms with Crippen molar-refractivity contribution in [3.63, 3.8) is 0 Å². The molecule has 0 saturated carbocycles. The van der Waals surface area contributed by atoms with Crippen LogP contribution in [0.5, 0.6) is 0 Å². The molecule has 0 fully saturated rings. The highest BCUT2D eigenvalue weighted by Crippen LogP contribution is 2.45. The van der Waals surface area contributed by atoms with Gasteiger partial charge in [0, 0.05) is 25.7 Å². The molecule has 0 saturated heterocycles. The normalized spacial score (nSPS) is 14.0. The summed E-state index contributed by atoms with van der Waals surface area (Å²) in [5.74, 6) is -2.15. The summed E-state index contributed by atoms with van der Waals surface area (Å²) in [6.07, 6.45) is 52.4. The number of phosphoric ester groups is 2. The molecule has 19 heteroatoms. The number of unbranched alkanes of at least 4 members (excludes halogenated alkanes) is 44. The number of hydrogen-bond donors (Lipinski definition) is 3. The lowest BCUT2D eigenvalue weighted by Gasteiger charge is -2.21. The van der Waals surface area contributed by atoms with Crippen LogP contribution in [0.4, 0.5) is 0 Å². The van der Waals surface area contributed by atoms with Crippen LogP contribution in [0.25, 0.3) is 0 Å². The van der Waals surface area contributed by atoms with Crippen LogP contribution in [0.2, 0.25) is 0 Å². The van der Waals surface area contributed by atoms with E-state index in [4.69, 9.17) is 37.0 Å². The Labute approximate surface area is 537 Å². The number of ether oxygens (including phenoxy) is 4. The molecule has 0 aromatic rings. The Morgan fingerprint density at radius 3 is 0.670 bits per heavy atom. The van der Waals surface area contributed by atoms with Gasteiger partial charge in [-0.25, -0.2) is 9.13 Å². The van der Waals surface area contributed by atoms with Crippen molar-refractivity contribution in [2.75, 3.05) is 39.6 Å². The molecule has 0 aliphatic carbocycles. The molecule has 522 valence electrons. The van der Waals surface area contributed by atoms with Crippen LogP contribution in [0.1, 0.15) is 362 Å². The maximum absolute atomic E-state index is 13.0. The molecule has 0 bridgehead atoms. The fourth-order valence-corrected chi connectivity index (χ4v) is 12.1. The molecule has 0 aromatic heterocycles. The average molecular weight is 1300 g/mol. The van der Waals surface area contributed by atoms with E-state index in [0.717, 1.165) is 96.3 Å². The van der Waals surface area contributed by atoms with Crippen LogP contribution < -0.4 is 0 Å². The minimum atomic E-state index is -4.95. The van der Waals surface area contributed by atoms with Crippen molar-refractivity contribution < 1.29 is 80.2 Å². The molecule has 0 aromatic carbocycles. The summed E-state index contributed by atoms with van der Waals surface area (Å²) in [4.78, 5) is 71.9. The van der Waals surface area contributed by atoms with Gasteiger partial charge in [0.25, 0.3) is 0 Å². The topological polar surface area (TPSA) is 237 Å². The standard InChI is InChI=1S/C69H134O17P2/c1-5-9-13-17-19-21-23-25-27-29-31-33-35-37-39-41-43-47-50-54-67(72)80-60-65(86-69(74)56-52-48-44-42-40-38-36-34-32-30-28-26-24-22-20-18-14-10-6-2)62-84-88(77,78)82-58-63(70)57-81-87(75,76)83-61-64(85-68(73)55-51-46-16-12-8-4)59-79-66(71)53-49-45-15-11-7-3/h63-65,70H,5-62H2,1-4H3,(H,75,76)(H,77,78)/t63-,64+,65+/m0/s1. The zero-order chi connectivity index (χ0) is 64.7. The van der Waals surface area contributed by atoms with Crippen molar-refractivity contribution in [1.82, 2.24) is 0 Å². The van der Waals surface area contributed by atoms with Crippen LogP contribution >= 0.6 is 15.6 Å². The second-order valence-corrected chi connectivity index (χ2v) is 27.8. The van der Waals surface area contributed by atoms with E-state index < -0.39 is 97.5 Å². The van der Waals surface area contributed by atoms with E-state index in [9.17, 15) is 43.2 Å². The van der Waals surface area contributed by atoms with Crippen molar-refractivity contribution >= 4 is 39.5 Å². The van der Waals surface area contributed by atoms with Gasteiger partial charge < -0.3 is 33.8 Å². The lowest BCUT2D eigenvalue weighted by Crippen LogP contribution is -2.30. The summed E-state index contributed by atoms with van der Waals surface area (Å²) in [7, 11) is -9.87. The van der Waals surface area contributed by atoms with Gasteiger partial charge in [0.1, 0.15) is 19.3 Å². The van der Waals surface area contributed by atoms with Crippen molar-refractivity contribution in [2.24, 2.45) is 0 Å². The number of aliphatic hydroxyl groups is 1. The Kier molecular flexibility index (Phi) is 62.4. The maximum Gasteiger partial charge on any atom is 0.472 e. The highest BCUT2D eigenvalue weighted by Gasteiger charge is 2.30. The summed E-state index contributed by atoms with van der Waals surface area (Å²) < 4.78 is 67.7. The van der Waals surface area contributed by atoms with Gasteiger partial charge >= 0.3 is 39.5 Å². The lowest BCUT2D eigenvalue weighted by atomic mass is 10.0. The Morgan fingerprint density at radius 1 is 0.273 bits per heavy atom. The number of esters is 4. The van der Waals surface area contributed by atoms with E-state index in [1.54, 1.807) is 0 Å². The molecule has 0 aliphatic heterocycles. The van der Waals surface area contributed by atoms with Gasteiger partial charge in [-0.1, -0.05) is 310 Å². The predicted molar refractivity (Wildman–Crippen MR) is 354 cm³/mol. The van der Waals surface area contributed by atoms with Gasteiger partial charge in [0.05, 0.1) is 26.4 Å². The fraction of sp³-hybridized carbons (Fsp3) is 0.942. The first-order chi connectivity index (χ1) is 42.7. The average Bonchev–Trinajstić information content (AvgIpc) is 3.71. The Hall–Kier alpha value is -1.94. The molecule has 0 aliphatic rings. The molecule has 88 heavy (non-hydrogen) atoms. The Bertz CT molecular complexity index is 1690. The van der Waals surface area contributed by atoms with E-state index >= 15 is 0 Å². The molecule has 0 heterocycles. The molecule has 0 spiro atoms. The number of hydrogen-bond acceptors (Lipinski definition) is 15. The highest BCUT2D eigenvalue weighted by molar-refractivity contribution is 7.47. The summed E-state index contributed by atoms with van der Waals surface area (Å²) in [5.41, 5.74) is 0. The number of carbonyl (C=O) groups excluding carboxylic acids is 4. The quantitative estimate of drug-likeness (QED) is 0.0222. The zero-order valence-electron chi connectivity index (χ0n) is 56.7. The van der Waals surface area contributed by atoms with Gasteiger partial charge in [-0.05, 0) is 25.7 Å². The van der Waals surface area contributed by atoms with E-state index in [2.05, 4.69) is 27.7 Å². The largest absolute Gasteiger partial charge is 0.472 e. The van der Waals surface area contributed by atoms with E-state index in [1.165, 1.54) is 186 Å². The predicted octanol–water partition coefficient (Wildman–Crippen LogP) is 19.9. The molecule has 2 unspecified atom stereocenters.